The molecule has 170 valence electrons. The van der Waals surface area contributed by atoms with Gasteiger partial charge in [0.1, 0.15) is 11.6 Å². The molecule has 1 aliphatic rings. The van der Waals surface area contributed by atoms with Crippen molar-refractivity contribution in [1.29, 1.82) is 5.26 Å². The van der Waals surface area contributed by atoms with Gasteiger partial charge in [-0.25, -0.2) is 13.1 Å². The largest absolute Gasteiger partial charge is 0.496 e. The van der Waals surface area contributed by atoms with E-state index < -0.39 is 15.9 Å². The maximum Gasteiger partial charge on any atom is 0.264 e. The first-order chi connectivity index (χ1) is 15.8. The van der Waals surface area contributed by atoms with Crippen molar-refractivity contribution in [3.8, 4) is 11.8 Å². The van der Waals surface area contributed by atoms with Crippen molar-refractivity contribution < 1.29 is 17.9 Å². The number of benzene rings is 2. The second kappa shape index (κ2) is 8.96. The molecule has 2 heterocycles. The van der Waals surface area contributed by atoms with Gasteiger partial charge in [0.05, 0.1) is 48.0 Å². The molecular weight excluding hydrogens is 442 g/mol. The monoisotopic (exact) mass is 465 g/mol. The topological polar surface area (TPSA) is 117 Å². The van der Waals surface area contributed by atoms with Crippen molar-refractivity contribution in [1.82, 2.24) is 9.78 Å². The summed E-state index contributed by atoms with van der Waals surface area (Å²) in [7, 11) is -2.46. The minimum absolute atomic E-state index is 0.000628. The van der Waals surface area contributed by atoms with E-state index in [9.17, 15) is 13.2 Å². The Morgan fingerprint density at radius 3 is 2.79 bits per heavy atom. The second-order valence-corrected chi connectivity index (χ2v) is 9.44. The van der Waals surface area contributed by atoms with E-state index in [1.165, 1.54) is 34.3 Å². The Morgan fingerprint density at radius 2 is 2.03 bits per heavy atom. The number of methoxy groups -OCH3 is 1. The van der Waals surface area contributed by atoms with E-state index >= 15 is 0 Å². The Bertz CT molecular complexity index is 1360. The maximum absolute atomic E-state index is 13.4. The third kappa shape index (κ3) is 4.27. The number of ether oxygens (including phenoxy) is 1. The van der Waals surface area contributed by atoms with Crippen molar-refractivity contribution in [2.45, 2.75) is 31.2 Å². The molecule has 1 aliphatic heterocycles. The number of carbonyl (C=O) groups excluding carboxylic acids is 1. The number of carbonyl (C=O) groups is 1. The number of aryl methyl sites for hydroxylation is 2. The molecule has 1 N–H and O–H groups in total. The Balaban J connectivity index is 1.67. The smallest absolute Gasteiger partial charge is 0.264 e. The molecule has 1 aromatic heterocycles. The van der Waals surface area contributed by atoms with E-state index in [1.54, 1.807) is 25.1 Å². The highest BCUT2D eigenvalue weighted by atomic mass is 32.2. The van der Waals surface area contributed by atoms with E-state index in [0.717, 1.165) is 5.56 Å². The summed E-state index contributed by atoms with van der Waals surface area (Å²) in [5.41, 5.74) is 2.38. The van der Waals surface area contributed by atoms with Crippen LogP contribution in [0.5, 0.6) is 5.75 Å². The van der Waals surface area contributed by atoms with Crippen LogP contribution in [0.15, 0.2) is 53.4 Å². The zero-order valence-corrected chi connectivity index (χ0v) is 19.1. The van der Waals surface area contributed by atoms with Crippen LogP contribution in [0.4, 0.5) is 11.5 Å². The van der Waals surface area contributed by atoms with Crippen LogP contribution in [-0.2, 0) is 23.0 Å². The third-order valence-electron chi connectivity index (χ3n) is 5.43. The summed E-state index contributed by atoms with van der Waals surface area (Å²) in [4.78, 5) is 13.1. The van der Waals surface area contributed by atoms with Gasteiger partial charge in [-0.2, -0.15) is 10.4 Å². The van der Waals surface area contributed by atoms with Gasteiger partial charge < -0.3 is 10.1 Å². The number of amides is 1. The zero-order valence-electron chi connectivity index (χ0n) is 18.3. The van der Waals surface area contributed by atoms with Gasteiger partial charge in [0, 0.05) is 12.6 Å². The lowest BCUT2D eigenvalue weighted by Gasteiger charge is -2.20. The minimum atomic E-state index is -3.88. The molecule has 2 aromatic carbocycles. The van der Waals surface area contributed by atoms with Gasteiger partial charge >= 0.3 is 0 Å². The molecule has 9 nitrogen and oxygen atoms in total. The lowest BCUT2D eigenvalue weighted by atomic mass is 10.2. The number of nitrogens with one attached hydrogen (secondary N) is 1. The summed E-state index contributed by atoms with van der Waals surface area (Å²) in [6.07, 6.45) is 0.864. The highest BCUT2D eigenvalue weighted by Gasteiger charge is 2.31. The molecule has 1 amide bonds. The van der Waals surface area contributed by atoms with Crippen LogP contribution in [0.25, 0.3) is 0 Å². The molecule has 0 saturated heterocycles. The fraction of sp³-hybridized carbons (Fsp3) is 0.261. The van der Waals surface area contributed by atoms with Crippen LogP contribution in [0.3, 0.4) is 0 Å². The van der Waals surface area contributed by atoms with Crippen LogP contribution in [0.2, 0.25) is 0 Å². The van der Waals surface area contributed by atoms with Crippen LogP contribution in [-0.4, -0.2) is 37.8 Å². The molecule has 0 saturated carbocycles. The van der Waals surface area contributed by atoms with Crippen LogP contribution in [0.1, 0.15) is 28.0 Å². The molecule has 0 fully saturated rings. The van der Waals surface area contributed by atoms with Gasteiger partial charge in [-0.1, -0.05) is 18.2 Å². The number of sulfonamides is 1. The van der Waals surface area contributed by atoms with E-state index in [0.29, 0.717) is 36.7 Å². The number of hydrogen-bond donors (Lipinski definition) is 1. The Labute approximate surface area is 192 Å². The second-order valence-electron chi connectivity index (χ2n) is 7.57. The fourth-order valence-corrected chi connectivity index (χ4v) is 5.40. The molecule has 4 rings (SSSR count). The normalized spacial score (nSPS) is 12.8. The first-order valence-corrected chi connectivity index (χ1v) is 11.8. The van der Waals surface area contributed by atoms with Crippen molar-refractivity contribution in [3.63, 3.8) is 0 Å². The Kier molecular flexibility index (Phi) is 6.07. The molecular formula is C23H23N5O4S. The van der Waals surface area contributed by atoms with Gasteiger partial charge in [-0.3, -0.25) is 9.10 Å². The van der Waals surface area contributed by atoms with Crippen LogP contribution >= 0.6 is 0 Å². The maximum atomic E-state index is 13.4. The lowest BCUT2D eigenvalue weighted by molar-refractivity contribution is 0.102. The third-order valence-corrected chi connectivity index (χ3v) is 7.24. The summed E-state index contributed by atoms with van der Waals surface area (Å²) >= 11 is 0. The SMILES string of the molecule is COc1ccc(S(=O)(=O)N2CCc3ccccc32)cc1C(=O)Nc1cc(C)nn1CCC#N. The lowest BCUT2D eigenvalue weighted by Crippen LogP contribution is -2.29. The molecule has 33 heavy (non-hydrogen) atoms. The van der Waals surface area contributed by atoms with E-state index in [2.05, 4.69) is 10.4 Å². The fourth-order valence-electron chi connectivity index (χ4n) is 3.87. The Morgan fingerprint density at radius 1 is 1.24 bits per heavy atom. The number of nitrogens with zero attached hydrogens (tertiary/aromatic N) is 4. The Hall–Kier alpha value is -3.84. The highest BCUT2D eigenvalue weighted by molar-refractivity contribution is 7.92. The van der Waals surface area contributed by atoms with Gasteiger partial charge in [0.2, 0.25) is 0 Å². The first kappa shape index (κ1) is 22.4. The van der Waals surface area contributed by atoms with Crippen molar-refractivity contribution >= 4 is 27.4 Å². The van der Waals surface area contributed by atoms with Crippen molar-refractivity contribution in [2.75, 3.05) is 23.3 Å². The first-order valence-electron chi connectivity index (χ1n) is 10.4. The summed E-state index contributed by atoms with van der Waals surface area (Å²) < 4.78 is 35.0. The molecule has 0 atom stereocenters. The van der Waals surface area contributed by atoms with E-state index in [1.807, 2.05) is 18.2 Å². The molecule has 0 bridgehead atoms. The number of rotatable bonds is 7. The van der Waals surface area contributed by atoms with Crippen molar-refractivity contribution in [3.05, 3.63) is 65.4 Å². The highest BCUT2D eigenvalue weighted by Crippen LogP contribution is 2.34. The summed E-state index contributed by atoms with van der Waals surface area (Å²) in [5.74, 6) is 0.119. The average molecular weight is 466 g/mol. The minimum Gasteiger partial charge on any atom is -0.496 e. The zero-order chi connectivity index (χ0) is 23.6. The number of aromatic nitrogens is 2. The van der Waals surface area contributed by atoms with Gasteiger partial charge in [0.15, 0.2) is 0 Å². The van der Waals surface area contributed by atoms with E-state index in [-0.39, 0.29) is 22.6 Å². The van der Waals surface area contributed by atoms with Crippen molar-refractivity contribution in [2.24, 2.45) is 0 Å². The van der Waals surface area contributed by atoms with Gasteiger partial charge in [-0.15, -0.1) is 0 Å². The van der Waals surface area contributed by atoms with Crippen LogP contribution < -0.4 is 14.4 Å². The number of nitriles is 1. The standard InChI is InChI=1S/C23H23N5O4S/c1-16-14-22(27(26-16)12-5-11-24)25-23(29)19-15-18(8-9-21(19)32-2)33(30,31)28-13-10-17-6-3-4-7-20(17)28/h3-4,6-9,14-15H,5,10,12-13H2,1-2H3,(H,25,29). The molecule has 0 unspecified atom stereocenters. The number of fused-ring (bicyclic) bond motifs is 1. The summed E-state index contributed by atoms with van der Waals surface area (Å²) in [5, 5.41) is 15.9. The summed E-state index contributed by atoms with van der Waals surface area (Å²) in [6, 6.07) is 15.3. The predicted octanol–water partition coefficient (Wildman–Crippen LogP) is 3.12. The average Bonchev–Trinajstić information content (AvgIpc) is 3.40. The van der Waals surface area contributed by atoms with Gasteiger partial charge in [-0.05, 0) is 43.2 Å². The molecule has 0 radical (unpaired) electrons. The van der Waals surface area contributed by atoms with Gasteiger partial charge in [0.25, 0.3) is 15.9 Å². The molecule has 0 spiro atoms. The number of para-hydroxylation sites is 1. The molecule has 3 aromatic rings. The number of hydrogen-bond acceptors (Lipinski definition) is 6. The summed E-state index contributed by atoms with van der Waals surface area (Å²) in [6.45, 7) is 2.44. The molecule has 0 aliphatic carbocycles. The van der Waals surface area contributed by atoms with Crippen LogP contribution in [0, 0.1) is 18.3 Å². The quantitative estimate of drug-likeness (QED) is 0.573. The number of anilines is 2. The predicted molar refractivity (Wildman–Crippen MR) is 123 cm³/mol. The van der Waals surface area contributed by atoms with E-state index in [4.69, 9.17) is 10.00 Å². The molecule has 10 heteroatoms.